The van der Waals surface area contributed by atoms with Crippen LogP contribution in [0.2, 0.25) is 0 Å². The summed E-state index contributed by atoms with van der Waals surface area (Å²) in [5.74, 6) is 0. The first kappa shape index (κ1) is 16.4. The van der Waals surface area contributed by atoms with Crippen LogP contribution in [0.5, 0.6) is 0 Å². The van der Waals surface area contributed by atoms with Gasteiger partial charge in [-0.1, -0.05) is 53.7 Å². The lowest BCUT2D eigenvalue weighted by Gasteiger charge is -2.47. The van der Waals surface area contributed by atoms with Crippen LogP contribution in [-0.4, -0.2) is 29.6 Å². The average molecular weight is 306 g/mol. The van der Waals surface area contributed by atoms with E-state index in [2.05, 4.69) is 74.9 Å². The van der Waals surface area contributed by atoms with E-state index < -0.39 is 9.36 Å². The summed E-state index contributed by atoms with van der Waals surface area (Å²) in [6.45, 7) is 15.8. The van der Waals surface area contributed by atoms with Crippen molar-refractivity contribution < 1.29 is 4.43 Å². The topological polar surface area (TPSA) is 15.7 Å². The Morgan fingerprint density at radius 2 is 1.24 bits per heavy atom. The van der Waals surface area contributed by atoms with Gasteiger partial charge in [-0.3, -0.25) is 0 Å². The van der Waals surface area contributed by atoms with Crippen LogP contribution in [0.1, 0.15) is 41.5 Å². The summed E-state index contributed by atoms with van der Waals surface area (Å²) in [4.78, 5) is 0. The highest BCUT2D eigenvalue weighted by Crippen LogP contribution is 2.40. The number of hydrogen-bond acceptors (Lipinski definition) is 3. The smallest absolute Gasteiger partial charge is 0.131 e. The van der Waals surface area contributed by atoms with Gasteiger partial charge >= 0.3 is 0 Å². The lowest BCUT2D eigenvalue weighted by atomic mass is 9.96. The van der Waals surface area contributed by atoms with Crippen molar-refractivity contribution in [1.29, 1.82) is 0 Å². The minimum absolute atomic E-state index is 0.249. The summed E-state index contributed by atoms with van der Waals surface area (Å²) in [5, 5.41) is 0. The fraction of sp³-hybridized carbons (Fsp3) is 0.647. The van der Waals surface area contributed by atoms with E-state index in [0.717, 1.165) is 13.1 Å². The molecule has 1 aliphatic heterocycles. The quantitative estimate of drug-likeness (QED) is 0.784. The molecular weight excluding hydrogens is 276 g/mol. The van der Waals surface area contributed by atoms with Crippen molar-refractivity contribution in [3.05, 3.63) is 24.3 Å². The molecule has 0 unspecified atom stereocenters. The van der Waals surface area contributed by atoms with Crippen LogP contribution in [0.25, 0.3) is 0 Å². The number of anilines is 2. The minimum atomic E-state index is -1.18. The van der Waals surface area contributed by atoms with Crippen LogP contribution in [0, 0.1) is 10.8 Å². The zero-order valence-electron chi connectivity index (χ0n) is 14.5. The second-order valence-electron chi connectivity index (χ2n) is 8.27. The van der Waals surface area contributed by atoms with Crippen LogP contribution in [0.3, 0.4) is 0 Å². The Labute approximate surface area is 131 Å². The first-order valence-electron chi connectivity index (χ1n) is 7.67. The fourth-order valence-corrected chi connectivity index (χ4v) is 5.49. The van der Waals surface area contributed by atoms with Crippen LogP contribution in [-0.2, 0) is 4.43 Å². The van der Waals surface area contributed by atoms with E-state index in [1.165, 1.54) is 11.4 Å². The van der Waals surface area contributed by atoms with E-state index in [-0.39, 0.29) is 10.8 Å². The molecule has 4 heteroatoms. The molecule has 1 aromatic carbocycles. The third kappa shape index (κ3) is 3.80. The maximum Gasteiger partial charge on any atom is 0.131 e. The molecule has 118 valence electrons. The number of fused-ring (bicyclic) bond motifs is 1. The molecule has 0 N–H and O–H groups in total. The Hall–Kier alpha value is -1.00. The van der Waals surface area contributed by atoms with Crippen molar-refractivity contribution in [2.24, 2.45) is 10.8 Å². The van der Waals surface area contributed by atoms with Crippen molar-refractivity contribution in [2.45, 2.75) is 41.5 Å². The summed E-state index contributed by atoms with van der Waals surface area (Å²) >= 11 is 0. The third-order valence-electron chi connectivity index (χ3n) is 3.37. The monoisotopic (exact) mass is 305 g/mol. The summed E-state index contributed by atoms with van der Waals surface area (Å²) in [7, 11) is 0.668. The molecule has 0 spiro atoms. The van der Waals surface area contributed by atoms with Gasteiger partial charge in [-0.15, -0.1) is 0 Å². The zero-order valence-corrected chi connectivity index (χ0v) is 15.5. The van der Waals surface area contributed by atoms with Crippen LogP contribution in [0.4, 0.5) is 11.4 Å². The first-order chi connectivity index (χ1) is 9.62. The normalized spacial score (nSPS) is 16.5. The van der Waals surface area contributed by atoms with Crippen molar-refractivity contribution >= 4 is 20.7 Å². The average Bonchev–Trinajstić information content (AvgIpc) is 2.60. The van der Waals surface area contributed by atoms with Crippen molar-refractivity contribution in [2.75, 3.05) is 29.3 Å². The van der Waals surface area contributed by atoms with Crippen molar-refractivity contribution in [3.63, 3.8) is 0 Å². The third-order valence-corrected chi connectivity index (χ3v) is 5.46. The second kappa shape index (κ2) is 5.65. The number of rotatable bonds is 3. The van der Waals surface area contributed by atoms with E-state index in [0.29, 0.717) is 0 Å². The molecule has 1 aromatic rings. The van der Waals surface area contributed by atoms with E-state index in [9.17, 15) is 0 Å². The Bertz CT molecular complexity index is 447. The standard InChI is InChI=1S/C17H29N2OSi/c1-16(2,3)12-18-14-10-8-9-11-15(14)19(21(18)20-7)13-17(4,5)6/h8-11H,12-13H2,1-7H3/q-1. The van der Waals surface area contributed by atoms with Crippen molar-refractivity contribution in [1.82, 2.24) is 0 Å². The van der Waals surface area contributed by atoms with Gasteiger partial charge < -0.3 is 13.6 Å². The molecule has 1 aliphatic rings. The lowest BCUT2D eigenvalue weighted by Crippen LogP contribution is -2.54. The molecule has 0 aliphatic carbocycles. The molecular formula is C17H29N2OSi-. The van der Waals surface area contributed by atoms with Crippen molar-refractivity contribution in [3.8, 4) is 0 Å². The molecule has 0 fully saturated rings. The van der Waals surface area contributed by atoms with Crippen LogP contribution >= 0.6 is 0 Å². The Morgan fingerprint density at radius 1 is 0.857 bits per heavy atom. The number of benzene rings is 1. The molecule has 0 amide bonds. The molecule has 1 heterocycles. The van der Waals surface area contributed by atoms with E-state index in [1.807, 2.05) is 7.11 Å². The molecule has 21 heavy (non-hydrogen) atoms. The van der Waals surface area contributed by atoms with E-state index >= 15 is 0 Å². The van der Waals surface area contributed by atoms with Gasteiger partial charge in [-0.05, 0) is 43.2 Å². The highest BCUT2D eigenvalue weighted by molar-refractivity contribution is 6.64. The number of para-hydroxylation sites is 2. The Kier molecular flexibility index (Phi) is 4.40. The molecule has 2 rings (SSSR count). The Balaban J connectivity index is 2.39. The largest absolute Gasteiger partial charge is 0.553 e. The van der Waals surface area contributed by atoms with Gasteiger partial charge in [0.15, 0.2) is 0 Å². The van der Waals surface area contributed by atoms with Gasteiger partial charge in [0, 0.05) is 11.4 Å². The molecule has 3 nitrogen and oxygen atoms in total. The lowest BCUT2D eigenvalue weighted by molar-refractivity contribution is 0.374. The minimum Gasteiger partial charge on any atom is -0.553 e. The van der Waals surface area contributed by atoms with Gasteiger partial charge in [-0.2, -0.15) is 0 Å². The highest BCUT2D eigenvalue weighted by atomic mass is 28.3. The molecule has 0 bridgehead atoms. The number of nitrogens with zero attached hydrogens (tertiary/aromatic N) is 2. The van der Waals surface area contributed by atoms with Crippen LogP contribution in [0.15, 0.2) is 24.3 Å². The van der Waals surface area contributed by atoms with Crippen LogP contribution < -0.4 is 9.13 Å². The van der Waals surface area contributed by atoms with Gasteiger partial charge in [0.2, 0.25) is 0 Å². The summed E-state index contributed by atoms with van der Waals surface area (Å²) < 4.78 is 10.9. The summed E-state index contributed by atoms with van der Waals surface area (Å²) in [6, 6.07) is 8.72. The predicted octanol–water partition coefficient (Wildman–Crippen LogP) is 4.04. The molecule has 0 aromatic heterocycles. The van der Waals surface area contributed by atoms with Gasteiger partial charge in [0.25, 0.3) is 0 Å². The van der Waals surface area contributed by atoms with Gasteiger partial charge in [0.05, 0.1) is 0 Å². The second-order valence-corrected chi connectivity index (χ2v) is 10.3. The SMILES string of the molecule is CO[Si-]1N(CC(C)(C)C)c2ccccc2N1CC(C)(C)C. The fourth-order valence-electron chi connectivity index (χ4n) is 2.75. The Morgan fingerprint density at radius 3 is 1.52 bits per heavy atom. The maximum absolute atomic E-state index is 5.96. The molecule has 0 saturated carbocycles. The summed E-state index contributed by atoms with van der Waals surface area (Å²) in [6.07, 6.45) is 0. The summed E-state index contributed by atoms with van der Waals surface area (Å²) in [5.41, 5.74) is 3.15. The van der Waals surface area contributed by atoms with E-state index in [1.54, 1.807) is 0 Å². The predicted molar refractivity (Wildman–Crippen MR) is 92.8 cm³/mol. The maximum atomic E-state index is 5.96. The first-order valence-corrected chi connectivity index (χ1v) is 8.98. The zero-order chi connectivity index (χ0) is 15.8. The van der Waals surface area contributed by atoms with Gasteiger partial charge in [0.1, 0.15) is 9.36 Å². The molecule has 0 radical (unpaired) electrons. The molecule has 0 saturated heterocycles. The van der Waals surface area contributed by atoms with E-state index in [4.69, 9.17) is 4.43 Å². The molecule has 0 atom stereocenters. The van der Waals surface area contributed by atoms with Gasteiger partial charge in [-0.25, -0.2) is 0 Å². The highest BCUT2D eigenvalue weighted by Gasteiger charge is 2.31. The number of hydrogen-bond donors (Lipinski definition) is 0.